The molecule has 0 spiro atoms. The lowest BCUT2D eigenvalue weighted by molar-refractivity contribution is -0.130. The van der Waals surface area contributed by atoms with Crippen molar-refractivity contribution in [2.45, 2.75) is 32.4 Å². The molecule has 1 aliphatic carbocycles. The van der Waals surface area contributed by atoms with Crippen molar-refractivity contribution >= 4 is 5.91 Å². The first-order chi connectivity index (χ1) is 8.24. The fourth-order valence-corrected chi connectivity index (χ4v) is 2.12. The third-order valence-corrected chi connectivity index (χ3v) is 3.18. The maximum Gasteiger partial charge on any atom is 0.231 e. The number of ether oxygens (including phenoxy) is 2. The van der Waals surface area contributed by atoms with Crippen LogP contribution in [0.2, 0.25) is 0 Å². The van der Waals surface area contributed by atoms with Gasteiger partial charge in [-0.25, -0.2) is 0 Å². The van der Waals surface area contributed by atoms with Crippen LogP contribution >= 0.6 is 0 Å². The largest absolute Gasteiger partial charge is 0.454 e. The maximum atomic E-state index is 11.5. The first kappa shape index (κ1) is 10.4. The van der Waals surface area contributed by atoms with Crippen LogP contribution in [0, 0.1) is 0 Å². The summed E-state index contributed by atoms with van der Waals surface area (Å²) in [5.74, 6) is 1.71. The summed E-state index contributed by atoms with van der Waals surface area (Å²) < 4.78 is 10.6. The van der Waals surface area contributed by atoms with Gasteiger partial charge in [-0.2, -0.15) is 0 Å². The van der Waals surface area contributed by atoms with Gasteiger partial charge in [0.1, 0.15) is 0 Å². The molecule has 1 aromatic carbocycles. The standard InChI is InChI=1S/C13H15NO3/c1-9(15)14(11-3-4-11)7-10-2-5-12-13(6-10)17-8-16-12/h2,5-6,11H,3-4,7-8H2,1H3. The highest BCUT2D eigenvalue weighted by molar-refractivity contribution is 5.74. The van der Waals surface area contributed by atoms with Gasteiger partial charge in [0.2, 0.25) is 12.7 Å². The average molecular weight is 233 g/mol. The average Bonchev–Trinajstić information content (AvgIpc) is 3.03. The third kappa shape index (κ3) is 2.07. The monoisotopic (exact) mass is 233 g/mol. The van der Waals surface area contributed by atoms with E-state index in [4.69, 9.17) is 9.47 Å². The van der Waals surface area contributed by atoms with Crippen LogP contribution in [-0.4, -0.2) is 23.6 Å². The minimum atomic E-state index is 0.144. The van der Waals surface area contributed by atoms with E-state index in [0.717, 1.165) is 29.9 Å². The van der Waals surface area contributed by atoms with Gasteiger partial charge in [-0.1, -0.05) is 6.07 Å². The molecule has 0 radical (unpaired) electrons. The Morgan fingerprint density at radius 2 is 2.12 bits per heavy atom. The second-order valence-corrected chi connectivity index (χ2v) is 4.57. The summed E-state index contributed by atoms with van der Waals surface area (Å²) >= 11 is 0. The molecule has 1 saturated carbocycles. The number of carbonyl (C=O) groups excluding carboxylic acids is 1. The Morgan fingerprint density at radius 1 is 1.35 bits per heavy atom. The second kappa shape index (κ2) is 3.95. The number of rotatable bonds is 3. The molecule has 90 valence electrons. The van der Waals surface area contributed by atoms with Crippen molar-refractivity contribution in [3.63, 3.8) is 0 Å². The number of carbonyl (C=O) groups is 1. The summed E-state index contributed by atoms with van der Waals surface area (Å²) in [6, 6.07) is 6.30. The van der Waals surface area contributed by atoms with Gasteiger partial charge in [0.05, 0.1) is 0 Å². The fraction of sp³-hybridized carbons (Fsp3) is 0.462. The lowest BCUT2D eigenvalue weighted by atomic mass is 10.2. The van der Waals surface area contributed by atoms with Crippen molar-refractivity contribution in [2.24, 2.45) is 0 Å². The van der Waals surface area contributed by atoms with Crippen molar-refractivity contribution < 1.29 is 14.3 Å². The topological polar surface area (TPSA) is 38.8 Å². The molecule has 0 bridgehead atoms. The van der Waals surface area contributed by atoms with Crippen LogP contribution in [0.4, 0.5) is 0 Å². The Bertz CT molecular complexity index is 454. The molecule has 1 heterocycles. The SMILES string of the molecule is CC(=O)N(Cc1ccc2c(c1)OCO2)C1CC1. The molecule has 0 aromatic heterocycles. The summed E-state index contributed by atoms with van der Waals surface area (Å²) in [7, 11) is 0. The summed E-state index contributed by atoms with van der Waals surface area (Å²) in [5.41, 5.74) is 1.09. The van der Waals surface area contributed by atoms with E-state index in [1.54, 1.807) is 6.92 Å². The van der Waals surface area contributed by atoms with E-state index in [1.807, 2.05) is 23.1 Å². The smallest absolute Gasteiger partial charge is 0.231 e. The molecule has 17 heavy (non-hydrogen) atoms. The van der Waals surface area contributed by atoms with Crippen molar-refractivity contribution in [1.82, 2.24) is 4.90 Å². The minimum Gasteiger partial charge on any atom is -0.454 e. The van der Waals surface area contributed by atoms with Crippen LogP contribution in [0.1, 0.15) is 25.3 Å². The zero-order valence-electron chi connectivity index (χ0n) is 9.81. The molecule has 0 unspecified atom stereocenters. The van der Waals surface area contributed by atoms with Gasteiger partial charge in [-0.05, 0) is 30.5 Å². The van der Waals surface area contributed by atoms with Gasteiger partial charge in [0.25, 0.3) is 0 Å². The predicted molar refractivity (Wildman–Crippen MR) is 61.8 cm³/mol. The van der Waals surface area contributed by atoms with Crippen molar-refractivity contribution in [3.8, 4) is 11.5 Å². The van der Waals surface area contributed by atoms with Gasteiger partial charge in [0.15, 0.2) is 11.5 Å². The molecule has 0 atom stereocenters. The summed E-state index contributed by atoms with van der Waals surface area (Å²) in [6.45, 7) is 2.58. The van der Waals surface area contributed by atoms with E-state index in [0.29, 0.717) is 12.6 Å². The fourth-order valence-electron chi connectivity index (χ4n) is 2.12. The van der Waals surface area contributed by atoms with Crippen molar-refractivity contribution in [3.05, 3.63) is 23.8 Å². The number of hydrogen-bond donors (Lipinski definition) is 0. The first-order valence-corrected chi connectivity index (χ1v) is 5.90. The quantitative estimate of drug-likeness (QED) is 0.800. The molecule has 4 heteroatoms. The molecule has 4 nitrogen and oxygen atoms in total. The Balaban J connectivity index is 1.77. The highest BCUT2D eigenvalue weighted by atomic mass is 16.7. The normalized spacial score (nSPS) is 17.0. The number of nitrogens with zero attached hydrogens (tertiary/aromatic N) is 1. The molecule has 1 amide bonds. The molecular formula is C13H15NO3. The van der Waals surface area contributed by atoms with Gasteiger partial charge in [-0.15, -0.1) is 0 Å². The molecule has 0 N–H and O–H groups in total. The molecule has 1 aromatic rings. The van der Waals surface area contributed by atoms with Crippen LogP contribution < -0.4 is 9.47 Å². The molecular weight excluding hydrogens is 218 g/mol. The van der Waals surface area contributed by atoms with E-state index >= 15 is 0 Å². The van der Waals surface area contributed by atoms with Gasteiger partial charge in [-0.3, -0.25) is 4.79 Å². The molecule has 1 fully saturated rings. The molecule has 3 rings (SSSR count). The number of hydrogen-bond acceptors (Lipinski definition) is 3. The Labute approximate surface area is 100 Å². The van der Waals surface area contributed by atoms with E-state index in [9.17, 15) is 4.79 Å². The summed E-state index contributed by atoms with van der Waals surface area (Å²) in [4.78, 5) is 13.5. The van der Waals surface area contributed by atoms with Crippen LogP contribution in [0.5, 0.6) is 11.5 Å². The van der Waals surface area contributed by atoms with Crippen LogP contribution in [0.3, 0.4) is 0 Å². The number of fused-ring (bicyclic) bond motifs is 1. The Hall–Kier alpha value is -1.71. The minimum absolute atomic E-state index is 0.144. The van der Waals surface area contributed by atoms with Crippen molar-refractivity contribution in [2.75, 3.05) is 6.79 Å². The zero-order chi connectivity index (χ0) is 11.8. The summed E-state index contributed by atoms with van der Waals surface area (Å²) in [5, 5.41) is 0. The van der Waals surface area contributed by atoms with E-state index in [1.165, 1.54) is 0 Å². The van der Waals surface area contributed by atoms with E-state index in [-0.39, 0.29) is 12.7 Å². The highest BCUT2D eigenvalue weighted by Gasteiger charge is 2.30. The maximum absolute atomic E-state index is 11.5. The zero-order valence-corrected chi connectivity index (χ0v) is 9.81. The molecule has 1 aliphatic heterocycles. The number of benzene rings is 1. The van der Waals surface area contributed by atoms with Gasteiger partial charge >= 0.3 is 0 Å². The lowest BCUT2D eigenvalue weighted by Gasteiger charge is -2.20. The Morgan fingerprint density at radius 3 is 2.82 bits per heavy atom. The predicted octanol–water partition coefficient (Wildman–Crippen LogP) is 1.93. The molecule has 2 aliphatic rings. The van der Waals surface area contributed by atoms with Gasteiger partial charge in [0, 0.05) is 19.5 Å². The number of amides is 1. The van der Waals surface area contributed by atoms with E-state index in [2.05, 4.69) is 0 Å². The van der Waals surface area contributed by atoms with Crippen LogP contribution in [-0.2, 0) is 11.3 Å². The van der Waals surface area contributed by atoms with Crippen LogP contribution in [0.15, 0.2) is 18.2 Å². The highest BCUT2D eigenvalue weighted by Crippen LogP contribution is 2.34. The molecule has 0 saturated heterocycles. The first-order valence-electron chi connectivity index (χ1n) is 5.90. The third-order valence-electron chi connectivity index (χ3n) is 3.18. The second-order valence-electron chi connectivity index (χ2n) is 4.57. The van der Waals surface area contributed by atoms with Crippen LogP contribution in [0.25, 0.3) is 0 Å². The Kier molecular flexibility index (Phi) is 2.42. The summed E-state index contributed by atoms with van der Waals surface area (Å²) in [6.07, 6.45) is 2.26. The van der Waals surface area contributed by atoms with Gasteiger partial charge < -0.3 is 14.4 Å². The lowest BCUT2D eigenvalue weighted by Crippen LogP contribution is -2.30. The van der Waals surface area contributed by atoms with Crippen molar-refractivity contribution in [1.29, 1.82) is 0 Å². The van der Waals surface area contributed by atoms with E-state index < -0.39 is 0 Å².